The second-order valence-corrected chi connectivity index (χ2v) is 7.72. The first-order valence-corrected chi connectivity index (χ1v) is 10.5. The van der Waals surface area contributed by atoms with Gasteiger partial charge in [0.05, 0.1) is 12.8 Å². The lowest BCUT2D eigenvalue weighted by molar-refractivity contribution is 0.143. The van der Waals surface area contributed by atoms with Gasteiger partial charge in [0.2, 0.25) is 0 Å². The SMILES string of the molecule is COc1ccccc1NC(=O)N1CCN(Cc2ccccc2N2CCCC2)CC1. The van der Waals surface area contributed by atoms with E-state index < -0.39 is 0 Å². The maximum absolute atomic E-state index is 12.7. The van der Waals surface area contributed by atoms with Crippen molar-refractivity contribution in [3.8, 4) is 5.75 Å². The molecule has 0 unspecified atom stereocenters. The molecule has 0 atom stereocenters. The monoisotopic (exact) mass is 394 g/mol. The molecule has 2 aromatic rings. The van der Waals surface area contributed by atoms with Gasteiger partial charge in [0.15, 0.2) is 0 Å². The van der Waals surface area contributed by atoms with Crippen LogP contribution >= 0.6 is 0 Å². The van der Waals surface area contributed by atoms with E-state index >= 15 is 0 Å². The van der Waals surface area contributed by atoms with E-state index in [-0.39, 0.29) is 6.03 Å². The van der Waals surface area contributed by atoms with Gasteiger partial charge >= 0.3 is 6.03 Å². The molecule has 154 valence electrons. The Morgan fingerprint density at radius 2 is 1.62 bits per heavy atom. The Morgan fingerprint density at radius 3 is 2.38 bits per heavy atom. The molecule has 6 heteroatoms. The van der Waals surface area contributed by atoms with E-state index in [1.165, 1.54) is 24.1 Å². The van der Waals surface area contributed by atoms with Crippen LogP contribution in [0.2, 0.25) is 0 Å². The molecule has 6 nitrogen and oxygen atoms in total. The standard InChI is InChI=1S/C23H30N4O2/c1-29-22-11-5-3-9-20(22)24-23(28)27-16-14-25(15-17-27)18-19-8-2-4-10-21(19)26-12-6-7-13-26/h2-5,8-11H,6-7,12-18H2,1H3,(H,24,28). The minimum Gasteiger partial charge on any atom is -0.495 e. The van der Waals surface area contributed by atoms with Gasteiger partial charge in [0.25, 0.3) is 0 Å². The first-order valence-electron chi connectivity index (χ1n) is 10.5. The number of ether oxygens (including phenoxy) is 1. The van der Waals surface area contributed by atoms with Crippen molar-refractivity contribution < 1.29 is 9.53 Å². The van der Waals surface area contributed by atoms with Gasteiger partial charge in [0, 0.05) is 51.5 Å². The maximum Gasteiger partial charge on any atom is 0.322 e. The van der Waals surface area contributed by atoms with Gasteiger partial charge in [-0.05, 0) is 36.6 Å². The highest BCUT2D eigenvalue weighted by molar-refractivity contribution is 5.91. The molecule has 2 saturated heterocycles. The molecule has 2 aliphatic rings. The molecule has 0 bridgehead atoms. The number of amides is 2. The van der Waals surface area contributed by atoms with Gasteiger partial charge in [-0.25, -0.2) is 4.79 Å². The van der Waals surface area contributed by atoms with Crippen LogP contribution in [0.4, 0.5) is 16.2 Å². The number of nitrogens with zero attached hydrogens (tertiary/aromatic N) is 3. The van der Waals surface area contributed by atoms with Crippen molar-refractivity contribution in [3.63, 3.8) is 0 Å². The summed E-state index contributed by atoms with van der Waals surface area (Å²) in [5, 5.41) is 2.98. The fourth-order valence-corrected chi connectivity index (χ4v) is 4.20. The van der Waals surface area contributed by atoms with E-state index in [2.05, 4.69) is 39.4 Å². The Labute approximate surface area is 173 Å². The Balaban J connectivity index is 1.32. The van der Waals surface area contributed by atoms with Crippen LogP contribution in [0.3, 0.4) is 0 Å². The number of para-hydroxylation sites is 3. The van der Waals surface area contributed by atoms with Gasteiger partial charge in [-0.3, -0.25) is 4.90 Å². The van der Waals surface area contributed by atoms with Crippen molar-refractivity contribution in [1.29, 1.82) is 0 Å². The quantitative estimate of drug-likeness (QED) is 0.841. The van der Waals surface area contributed by atoms with E-state index in [9.17, 15) is 4.79 Å². The average Bonchev–Trinajstić information content (AvgIpc) is 3.30. The Kier molecular flexibility index (Phi) is 6.20. The molecule has 0 saturated carbocycles. The molecule has 2 aromatic carbocycles. The molecule has 0 spiro atoms. The molecule has 0 aliphatic carbocycles. The van der Waals surface area contributed by atoms with Crippen LogP contribution < -0.4 is 15.0 Å². The Morgan fingerprint density at radius 1 is 0.931 bits per heavy atom. The fraction of sp³-hybridized carbons (Fsp3) is 0.435. The summed E-state index contributed by atoms with van der Waals surface area (Å²) in [6.45, 7) is 6.48. The lowest BCUT2D eigenvalue weighted by Crippen LogP contribution is -2.49. The van der Waals surface area contributed by atoms with Crippen LogP contribution in [0.15, 0.2) is 48.5 Å². The van der Waals surface area contributed by atoms with Crippen molar-refractivity contribution in [3.05, 3.63) is 54.1 Å². The number of hydrogen-bond donors (Lipinski definition) is 1. The number of urea groups is 1. The zero-order chi connectivity index (χ0) is 20.1. The predicted molar refractivity (Wildman–Crippen MR) is 117 cm³/mol. The first-order chi connectivity index (χ1) is 14.2. The second kappa shape index (κ2) is 9.18. The average molecular weight is 395 g/mol. The topological polar surface area (TPSA) is 48.1 Å². The van der Waals surface area contributed by atoms with E-state index in [0.29, 0.717) is 11.4 Å². The van der Waals surface area contributed by atoms with Crippen molar-refractivity contribution in [2.75, 3.05) is 56.6 Å². The number of carbonyl (C=O) groups is 1. The third kappa shape index (κ3) is 4.65. The molecule has 2 amide bonds. The largest absolute Gasteiger partial charge is 0.495 e. The number of hydrogen-bond acceptors (Lipinski definition) is 4. The van der Waals surface area contributed by atoms with Crippen LogP contribution in [0, 0.1) is 0 Å². The molecule has 0 aromatic heterocycles. The Hall–Kier alpha value is -2.73. The minimum absolute atomic E-state index is 0.0633. The third-order valence-electron chi connectivity index (χ3n) is 5.84. The summed E-state index contributed by atoms with van der Waals surface area (Å²) in [6.07, 6.45) is 2.57. The molecule has 1 N–H and O–H groups in total. The second-order valence-electron chi connectivity index (χ2n) is 7.72. The zero-order valence-corrected chi connectivity index (χ0v) is 17.1. The lowest BCUT2D eigenvalue weighted by atomic mass is 10.1. The molecule has 2 fully saturated rings. The molecule has 4 rings (SSSR count). The Bertz CT molecular complexity index is 827. The van der Waals surface area contributed by atoms with Gasteiger partial charge in [-0.15, -0.1) is 0 Å². The van der Waals surface area contributed by atoms with Crippen LogP contribution in [0.5, 0.6) is 5.75 Å². The number of rotatable bonds is 5. The highest BCUT2D eigenvalue weighted by atomic mass is 16.5. The van der Waals surface area contributed by atoms with Crippen LogP contribution in [-0.2, 0) is 6.54 Å². The summed E-state index contributed by atoms with van der Waals surface area (Å²) in [5.41, 5.74) is 3.48. The van der Waals surface area contributed by atoms with Crippen molar-refractivity contribution in [2.45, 2.75) is 19.4 Å². The summed E-state index contributed by atoms with van der Waals surface area (Å²) in [4.78, 5) is 19.5. The molecular weight excluding hydrogens is 364 g/mol. The van der Waals surface area contributed by atoms with E-state index in [0.717, 1.165) is 45.8 Å². The van der Waals surface area contributed by atoms with Crippen molar-refractivity contribution >= 4 is 17.4 Å². The number of benzene rings is 2. The molecule has 29 heavy (non-hydrogen) atoms. The third-order valence-corrected chi connectivity index (χ3v) is 5.84. The van der Waals surface area contributed by atoms with Crippen molar-refractivity contribution in [1.82, 2.24) is 9.80 Å². The first kappa shape index (κ1) is 19.6. The molecule has 2 heterocycles. The van der Waals surface area contributed by atoms with E-state index in [1.807, 2.05) is 29.2 Å². The number of methoxy groups -OCH3 is 1. The molecule has 2 aliphatic heterocycles. The van der Waals surface area contributed by atoms with Gasteiger partial charge in [-0.2, -0.15) is 0 Å². The van der Waals surface area contributed by atoms with Crippen LogP contribution in [0.25, 0.3) is 0 Å². The predicted octanol–water partition coefficient (Wildman–Crippen LogP) is 3.65. The smallest absolute Gasteiger partial charge is 0.322 e. The summed E-state index contributed by atoms with van der Waals surface area (Å²) in [7, 11) is 1.61. The van der Waals surface area contributed by atoms with Gasteiger partial charge in [-0.1, -0.05) is 30.3 Å². The summed E-state index contributed by atoms with van der Waals surface area (Å²) in [5.74, 6) is 0.679. The van der Waals surface area contributed by atoms with Crippen LogP contribution in [0.1, 0.15) is 18.4 Å². The molecular formula is C23H30N4O2. The normalized spacial score (nSPS) is 17.4. The summed E-state index contributed by atoms with van der Waals surface area (Å²) < 4.78 is 5.32. The molecule has 0 radical (unpaired) electrons. The maximum atomic E-state index is 12.7. The summed E-state index contributed by atoms with van der Waals surface area (Å²) >= 11 is 0. The van der Waals surface area contributed by atoms with E-state index in [4.69, 9.17) is 4.74 Å². The van der Waals surface area contributed by atoms with Gasteiger partial charge in [0.1, 0.15) is 5.75 Å². The van der Waals surface area contributed by atoms with Crippen molar-refractivity contribution in [2.24, 2.45) is 0 Å². The number of carbonyl (C=O) groups excluding carboxylic acids is 1. The number of anilines is 2. The van der Waals surface area contributed by atoms with Crippen LogP contribution in [-0.4, -0.2) is 62.2 Å². The zero-order valence-electron chi connectivity index (χ0n) is 17.1. The number of piperazine rings is 1. The lowest BCUT2D eigenvalue weighted by Gasteiger charge is -2.35. The minimum atomic E-state index is -0.0633. The number of nitrogens with one attached hydrogen (secondary N) is 1. The summed E-state index contributed by atoms with van der Waals surface area (Å²) in [6, 6.07) is 16.2. The highest BCUT2D eigenvalue weighted by Crippen LogP contribution is 2.26. The fourth-order valence-electron chi connectivity index (χ4n) is 4.20. The van der Waals surface area contributed by atoms with Gasteiger partial charge < -0.3 is 19.9 Å². The van der Waals surface area contributed by atoms with E-state index in [1.54, 1.807) is 7.11 Å². The highest BCUT2D eigenvalue weighted by Gasteiger charge is 2.23.